The summed E-state index contributed by atoms with van der Waals surface area (Å²) in [6, 6.07) is 3.96. The van der Waals surface area contributed by atoms with Gasteiger partial charge in [0.2, 0.25) is 0 Å². The van der Waals surface area contributed by atoms with Gasteiger partial charge in [0, 0.05) is 15.5 Å². The first-order chi connectivity index (χ1) is 7.06. The number of aromatic nitrogens is 2. The lowest BCUT2D eigenvalue weighted by Crippen LogP contribution is -1.99. The maximum atomic E-state index is 10.5. The Morgan fingerprint density at radius 2 is 2.33 bits per heavy atom. The SMILES string of the molecule is Cc1cc(I)cc2nc(CC(=O)O)cn12. The van der Waals surface area contributed by atoms with Crippen molar-refractivity contribution in [3.05, 3.63) is 33.3 Å². The predicted molar refractivity (Wildman–Crippen MR) is 64.0 cm³/mol. The number of carboxylic acids is 1. The highest BCUT2D eigenvalue weighted by atomic mass is 127. The molecule has 2 rings (SSSR count). The van der Waals surface area contributed by atoms with Crippen LogP contribution in [0.3, 0.4) is 0 Å². The van der Waals surface area contributed by atoms with E-state index in [4.69, 9.17) is 5.11 Å². The summed E-state index contributed by atoms with van der Waals surface area (Å²) in [5, 5.41) is 8.67. The Balaban J connectivity index is 2.55. The van der Waals surface area contributed by atoms with Crippen LogP contribution in [0, 0.1) is 10.5 Å². The molecule has 5 heteroatoms. The minimum atomic E-state index is -0.856. The molecule has 0 aliphatic carbocycles. The smallest absolute Gasteiger partial charge is 0.309 e. The third-order valence-corrected chi connectivity index (χ3v) is 2.73. The lowest BCUT2D eigenvalue weighted by Gasteiger charge is -1.99. The van der Waals surface area contributed by atoms with Crippen LogP contribution in [0.25, 0.3) is 5.65 Å². The van der Waals surface area contributed by atoms with Gasteiger partial charge in [0.05, 0.1) is 12.1 Å². The number of carboxylic acid groups (broad SMARTS) is 1. The normalized spacial score (nSPS) is 10.8. The molecule has 0 radical (unpaired) electrons. The summed E-state index contributed by atoms with van der Waals surface area (Å²) in [5.41, 5.74) is 2.45. The number of imidazole rings is 1. The fraction of sp³-hybridized carbons (Fsp3) is 0.200. The summed E-state index contributed by atoms with van der Waals surface area (Å²) < 4.78 is 3.01. The van der Waals surface area contributed by atoms with Crippen LogP contribution in [-0.4, -0.2) is 20.5 Å². The molecule has 0 unspecified atom stereocenters. The summed E-state index contributed by atoms with van der Waals surface area (Å²) >= 11 is 2.22. The van der Waals surface area contributed by atoms with E-state index in [2.05, 4.69) is 27.6 Å². The van der Waals surface area contributed by atoms with Crippen molar-refractivity contribution in [2.45, 2.75) is 13.3 Å². The molecule has 2 aromatic heterocycles. The van der Waals surface area contributed by atoms with Gasteiger partial charge in [-0.15, -0.1) is 0 Å². The molecular formula is C10H9IN2O2. The van der Waals surface area contributed by atoms with E-state index in [1.165, 1.54) is 0 Å². The van der Waals surface area contributed by atoms with Crippen molar-refractivity contribution >= 4 is 34.2 Å². The highest BCUT2D eigenvalue weighted by molar-refractivity contribution is 14.1. The number of pyridine rings is 1. The standard InChI is InChI=1S/C10H9IN2O2/c1-6-2-7(11)3-9-12-8(4-10(14)15)5-13(6)9/h2-3,5H,4H2,1H3,(H,14,15). The van der Waals surface area contributed by atoms with E-state index in [1.807, 2.05) is 23.5 Å². The number of hydrogen-bond donors (Lipinski definition) is 1. The molecule has 4 nitrogen and oxygen atoms in total. The number of aryl methyl sites for hydroxylation is 1. The van der Waals surface area contributed by atoms with Crippen LogP contribution in [-0.2, 0) is 11.2 Å². The lowest BCUT2D eigenvalue weighted by atomic mass is 10.3. The molecular weight excluding hydrogens is 307 g/mol. The number of carbonyl (C=O) groups is 1. The zero-order chi connectivity index (χ0) is 11.0. The quantitative estimate of drug-likeness (QED) is 0.861. The Kier molecular flexibility index (Phi) is 2.64. The fourth-order valence-corrected chi connectivity index (χ4v) is 2.23. The zero-order valence-electron chi connectivity index (χ0n) is 8.07. The molecule has 0 saturated carbocycles. The van der Waals surface area contributed by atoms with Gasteiger partial charge in [-0.2, -0.15) is 0 Å². The largest absolute Gasteiger partial charge is 0.481 e. The van der Waals surface area contributed by atoms with E-state index in [0.717, 1.165) is 14.9 Å². The van der Waals surface area contributed by atoms with Gasteiger partial charge in [0.15, 0.2) is 0 Å². The van der Waals surface area contributed by atoms with Gasteiger partial charge < -0.3 is 9.51 Å². The van der Waals surface area contributed by atoms with E-state index in [9.17, 15) is 4.79 Å². The molecule has 0 spiro atoms. The number of nitrogens with zero attached hydrogens (tertiary/aromatic N) is 2. The second-order valence-electron chi connectivity index (χ2n) is 3.35. The Bertz CT molecular complexity index is 533. The molecule has 0 fully saturated rings. The summed E-state index contributed by atoms with van der Waals surface area (Å²) in [5.74, 6) is -0.856. The van der Waals surface area contributed by atoms with E-state index < -0.39 is 5.97 Å². The molecule has 1 N–H and O–H groups in total. The Labute approximate surface area is 100 Å². The molecule has 0 aromatic carbocycles. The first kappa shape index (κ1) is 10.4. The van der Waals surface area contributed by atoms with Crippen molar-refractivity contribution in [2.75, 3.05) is 0 Å². The highest BCUT2D eigenvalue weighted by Crippen LogP contribution is 2.14. The van der Waals surface area contributed by atoms with Gasteiger partial charge in [-0.3, -0.25) is 4.79 Å². The maximum Gasteiger partial charge on any atom is 0.309 e. The number of hydrogen-bond acceptors (Lipinski definition) is 2. The summed E-state index contributed by atoms with van der Waals surface area (Å²) in [7, 11) is 0. The number of halogens is 1. The molecule has 0 saturated heterocycles. The second kappa shape index (κ2) is 3.80. The highest BCUT2D eigenvalue weighted by Gasteiger charge is 2.07. The van der Waals surface area contributed by atoms with Crippen LogP contribution in [0.4, 0.5) is 0 Å². The molecule has 0 atom stereocenters. The molecule has 78 valence electrons. The molecule has 2 heterocycles. The van der Waals surface area contributed by atoms with Crippen LogP contribution in [0.1, 0.15) is 11.4 Å². The van der Waals surface area contributed by atoms with E-state index in [1.54, 1.807) is 6.20 Å². The number of fused-ring (bicyclic) bond motifs is 1. The van der Waals surface area contributed by atoms with Crippen molar-refractivity contribution < 1.29 is 9.90 Å². The predicted octanol–water partition coefficient (Wildman–Crippen LogP) is 1.87. The van der Waals surface area contributed by atoms with Gasteiger partial charge in [-0.25, -0.2) is 4.98 Å². The minimum absolute atomic E-state index is 0.0301. The van der Waals surface area contributed by atoms with Crippen molar-refractivity contribution in [1.82, 2.24) is 9.38 Å². The first-order valence-corrected chi connectivity index (χ1v) is 5.50. The second-order valence-corrected chi connectivity index (χ2v) is 4.59. The minimum Gasteiger partial charge on any atom is -0.481 e. The first-order valence-electron chi connectivity index (χ1n) is 4.42. The van der Waals surface area contributed by atoms with Crippen LogP contribution < -0.4 is 0 Å². The molecule has 0 aliphatic rings. The Morgan fingerprint density at radius 3 is 3.00 bits per heavy atom. The summed E-state index contributed by atoms with van der Waals surface area (Å²) in [6.45, 7) is 1.97. The summed E-state index contributed by atoms with van der Waals surface area (Å²) in [4.78, 5) is 14.8. The monoisotopic (exact) mass is 316 g/mol. The van der Waals surface area contributed by atoms with Gasteiger partial charge >= 0.3 is 5.97 Å². The van der Waals surface area contributed by atoms with Crippen molar-refractivity contribution in [3.63, 3.8) is 0 Å². The van der Waals surface area contributed by atoms with Crippen LogP contribution in [0.2, 0.25) is 0 Å². The van der Waals surface area contributed by atoms with Crippen molar-refractivity contribution in [3.8, 4) is 0 Å². The topological polar surface area (TPSA) is 54.6 Å². The van der Waals surface area contributed by atoms with Crippen molar-refractivity contribution in [2.24, 2.45) is 0 Å². The third-order valence-electron chi connectivity index (χ3n) is 2.11. The molecule has 15 heavy (non-hydrogen) atoms. The van der Waals surface area contributed by atoms with Gasteiger partial charge in [-0.05, 0) is 41.6 Å². The third kappa shape index (κ3) is 2.11. The van der Waals surface area contributed by atoms with Gasteiger partial charge in [0.1, 0.15) is 5.65 Å². The Hall–Kier alpha value is -1.11. The lowest BCUT2D eigenvalue weighted by molar-refractivity contribution is -0.136. The van der Waals surface area contributed by atoms with Crippen LogP contribution in [0.15, 0.2) is 18.3 Å². The molecule has 0 aliphatic heterocycles. The van der Waals surface area contributed by atoms with Crippen LogP contribution >= 0.6 is 22.6 Å². The average molecular weight is 316 g/mol. The number of aliphatic carboxylic acids is 1. The molecule has 0 bridgehead atoms. The van der Waals surface area contributed by atoms with Crippen LogP contribution in [0.5, 0.6) is 0 Å². The zero-order valence-corrected chi connectivity index (χ0v) is 10.2. The van der Waals surface area contributed by atoms with Gasteiger partial charge in [0.25, 0.3) is 0 Å². The van der Waals surface area contributed by atoms with Gasteiger partial charge in [-0.1, -0.05) is 0 Å². The summed E-state index contributed by atoms with van der Waals surface area (Å²) in [6.07, 6.45) is 1.74. The van der Waals surface area contributed by atoms with E-state index >= 15 is 0 Å². The molecule has 0 amide bonds. The van der Waals surface area contributed by atoms with Crippen molar-refractivity contribution in [1.29, 1.82) is 0 Å². The van der Waals surface area contributed by atoms with E-state index in [-0.39, 0.29) is 6.42 Å². The average Bonchev–Trinajstić information content (AvgIpc) is 2.45. The Morgan fingerprint density at radius 1 is 1.60 bits per heavy atom. The maximum absolute atomic E-state index is 10.5. The van der Waals surface area contributed by atoms with E-state index in [0.29, 0.717) is 5.69 Å². The number of rotatable bonds is 2. The fourth-order valence-electron chi connectivity index (χ4n) is 1.50. The molecule has 2 aromatic rings.